The molecule has 1 saturated heterocycles. The molecule has 3 aromatic carbocycles. The molecule has 1 N–H and O–H groups in total. The minimum absolute atomic E-state index is 0.182. The molecule has 8 heteroatoms. The van der Waals surface area contributed by atoms with Crippen molar-refractivity contribution in [2.45, 2.75) is 32.0 Å². The summed E-state index contributed by atoms with van der Waals surface area (Å²) < 4.78 is 7.77. The Balaban J connectivity index is 1.23. The normalized spacial score (nSPS) is 16.9. The lowest BCUT2D eigenvalue weighted by Gasteiger charge is -2.29. The third kappa shape index (κ3) is 4.34. The molecule has 0 radical (unpaired) electrons. The van der Waals surface area contributed by atoms with Gasteiger partial charge in [0.05, 0.1) is 11.9 Å². The number of hydrogen-bond donors (Lipinski definition) is 1. The number of nitrogens with one attached hydrogen (secondary N) is 1. The average Bonchev–Trinajstić information content (AvgIpc) is 3.47. The van der Waals surface area contributed by atoms with Gasteiger partial charge in [-0.15, -0.1) is 0 Å². The van der Waals surface area contributed by atoms with E-state index in [1.54, 1.807) is 4.90 Å². The standard InChI is InChI=1S/C30H26N4O4/c1-33-28(20-7-10-23(11-8-20)38-18-19-5-3-2-4-6-19)25(16-31-33)21-9-12-24-22(15-21)17-34(30(24)37)26-13-14-27(35)32-29(26)36/h2-12,15-16,26H,13-14,17-18H2,1H3,(H,32,35,36). The van der Waals surface area contributed by atoms with Crippen molar-refractivity contribution in [2.24, 2.45) is 7.05 Å². The summed E-state index contributed by atoms with van der Waals surface area (Å²) in [7, 11) is 1.90. The summed E-state index contributed by atoms with van der Waals surface area (Å²) in [5.74, 6) is -0.101. The lowest BCUT2D eigenvalue weighted by Crippen LogP contribution is -2.52. The van der Waals surface area contributed by atoms with Crippen LogP contribution in [0.4, 0.5) is 0 Å². The Morgan fingerprint density at radius 1 is 0.947 bits per heavy atom. The molecule has 8 nitrogen and oxygen atoms in total. The number of aromatic nitrogens is 2. The Bertz CT molecular complexity index is 1540. The first-order valence-electron chi connectivity index (χ1n) is 12.5. The number of benzene rings is 3. The quantitative estimate of drug-likeness (QED) is 0.398. The van der Waals surface area contributed by atoms with Crippen LogP contribution in [0.5, 0.6) is 5.75 Å². The van der Waals surface area contributed by atoms with Crippen molar-refractivity contribution in [3.63, 3.8) is 0 Å². The average molecular weight is 507 g/mol. The summed E-state index contributed by atoms with van der Waals surface area (Å²) in [6.07, 6.45) is 2.40. The van der Waals surface area contributed by atoms with Gasteiger partial charge < -0.3 is 9.64 Å². The summed E-state index contributed by atoms with van der Waals surface area (Å²) >= 11 is 0. The van der Waals surface area contributed by atoms with Crippen molar-refractivity contribution in [1.29, 1.82) is 0 Å². The minimum Gasteiger partial charge on any atom is -0.489 e. The summed E-state index contributed by atoms with van der Waals surface area (Å²) in [6.45, 7) is 0.832. The first-order valence-corrected chi connectivity index (χ1v) is 12.5. The molecule has 0 saturated carbocycles. The van der Waals surface area contributed by atoms with Crippen molar-refractivity contribution in [2.75, 3.05) is 0 Å². The van der Waals surface area contributed by atoms with E-state index < -0.39 is 11.9 Å². The van der Waals surface area contributed by atoms with Crippen molar-refractivity contribution in [1.82, 2.24) is 20.0 Å². The lowest BCUT2D eigenvalue weighted by atomic mass is 9.98. The van der Waals surface area contributed by atoms with Crippen LogP contribution in [-0.4, -0.2) is 38.4 Å². The maximum atomic E-state index is 13.1. The molecule has 38 heavy (non-hydrogen) atoms. The van der Waals surface area contributed by atoms with Crippen LogP contribution in [0, 0.1) is 0 Å². The Labute approximate surface area is 219 Å². The lowest BCUT2D eigenvalue weighted by molar-refractivity contribution is -0.136. The molecule has 0 bridgehead atoms. The number of fused-ring (bicyclic) bond motifs is 1. The largest absolute Gasteiger partial charge is 0.489 e. The predicted octanol–water partition coefficient (Wildman–Crippen LogP) is 4.09. The van der Waals surface area contributed by atoms with Crippen LogP contribution in [0.1, 0.15) is 34.3 Å². The van der Waals surface area contributed by atoms with Gasteiger partial charge in [-0.3, -0.25) is 24.4 Å². The Hall–Kier alpha value is -4.72. The van der Waals surface area contributed by atoms with E-state index in [2.05, 4.69) is 10.4 Å². The highest BCUT2D eigenvalue weighted by Crippen LogP contribution is 2.36. The Morgan fingerprint density at radius 3 is 2.47 bits per heavy atom. The number of ether oxygens (including phenoxy) is 1. The fourth-order valence-electron chi connectivity index (χ4n) is 5.18. The molecule has 2 aliphatic heterocycles. The Morgan fingerprint density at radius 2 is 1.71 bits per heavy atom. The summed E-state index contributed by atoms with van der Waals surface area (Å²) in [4.78, 5) is 38.6. The second-order valence-corrected chi connectivity index (χ2v) is 9.60. The van der Waals surface area contributed by atoms with Gasteiger partial charge >= 0.3 is 0 Å². The van der Waals surface area contributed by atoms with Gasteiger partial charge in [0, 0.05) is 36.7 Å². The van der Waals surface area contributed by atoms with Gasteiger partial charge in [-0.1, -0.05) is 36.4 Å². The SMILES string of the molecule is Cn1ncc(-c2ccc3c(c2)CN(C2CCC(=O)NC2=O)C3=O)c1-c1ccc(OCc2ccccc2)cc1. The second-order valence-electron chi connectivity index (χ2n) is 9.60. The molecule has 1 fully saturated rings. The van der Waals surface area contributed by atoms with Crippen molar-refractivity contribution >= 4 is 17.7 Å². The first-order chi connectivity index (χ1) is 18.5. The third-order valence-corrected chi connectivity index (χ3v) is 7.15. The van der Waals surface area contributed by atoms with Crippen LogP contribution in [0.15, 0.2) is 79.0 Å². The fourth-order valence-corrected chi connectivity index (χ4v) is 5.18. The number of imide groups is 1. The van der Waals surface area contributed by atoms with Crippen LogP contribution in [0.2, 0.25) is 0 Å². The van der Waals surface area contributed by atoms with Crippen LogP contribution in [0.25, 0.3) is 22.4 Å². The molecule has 6 rings (SSSR count). The van der Waals surface area contributed by atoms with E-state index in [1.165, 1.54) is 0 Å². The predicted molar refractivity (Wildman–Crippen MR) is 141 cm³/mol. The topological polar surface area (TPSA) is 93.5 Å². The van der Waals surface area contributed by atoms with E-state index >= 15 is 0 Å². The molecular weight excluding hydrogens is 480 g/mol. The van der Waals surface area contributed by atoms with E-state index in [0.717, 1.165) is 39.3 Å². The number of aryl methyl sites for hydroxylation is 1. The maximum absolute atomic E-state index is 13.1. The second kappa shape index (κ2) is 9.63. The molecule has 1 atom stereocenters. The van der Waals surface area contributed by atoms with Crippen molar-refractivity contribution < 1.29 is 19.1 Å². The Kier molecular flexibility index (Phi) is 5.99. The van der Waals surface area contributed by atoms with Crippen LogP contribution in [-0.2, 0) is 29.8 Å². The zero-order chi connectivity index (χ0) is 26.2. The maximum Gasteiger partial charge on any atom is 0.255 e. The number of amides is 3. The van der Waals surface area contributed by atoms with E-state index in [1.807, 2.05) is 90.7 Å². The van der Waals surface area contributed by atoms with Crippen molar-refractivity contribution in [3.05, 3.63) is 95.7 Å². The molecule has 190 valence electrons. The van der Waals surface area contributed by atoms with Gasteiger partial charge in [0.25, 0.3) is 5.91 Å². The van der Waals surface area contributed by atoms with Crippen LogP contribution < -0.4 is 10.1 Å². The fraction of sp³-hybridized carbons (Fsp3) is 0.200. The first kappa shape index (κ1) is 23.7. The van der Waals surface area contributed by atoms with Gasteiger partial charge in [0.15, 0.2) is 0 Å². The van der Waals surface area contributed by atoms with Gasteiger partial charge in [0.1, 0.15) is 18.4 Å². The molecule has 4 aromatic rings. The molecule has 1 unspecified atom stereocenters. The van der Waals surface area contributed by atoms with Crippen LogP contribution >= 0.6 is 0 Å². The zero-order valence-corrected chi connectivity index (χ0v) is 20.9. The monoisotopic (exact) mass is 506 g/mol. The number of carbonyl (C=O) groups is 3. The molecule has 3 heterocycles. The van der Waals surface area contributed by atoms with Gasteiger partial charge in [-0.25, -0.2) is 0 Å². The molecule has 0 spiro atoms. The van der Waals surface area contributed by atoms with Gasteiger partial charge in [-0.05, 0) is 59.5 Å². The van der Waals surface area contributed by atoms with E-state index in [0.29, 0.717) is 25.1 Å². The number of nitrogens with zero attached hydrogens (tertiary/aromatic N) is 3. The highest BCUT2D eigenvalue weighted by atomic mass is 16.5. The number of piperidine rings is 1. The van der Waals surface area contributed by atoms with Crippen molar-refractivity contribution in [3.8, 4) is 28.1 Å². The summed E-state index contributed by atoms with van der Waals surface area (Å²) in [5, 5.41) is 6.85. The zero-order valence-electron chi connectivity index (χ0n) is 20.9. The number of carbonyl (C=O) groups excluding carboxylic acids is 3. The van der Waals surface area contributed by atoms with E-state index in [4.69, 9.17) is 4.74 Å². The highest BCUT2D eigenvalue weighted by molar-refractivity contribution is 6.05. The van der Waals surface area contributed by atoms with Crippen LogP contribution in [0.3, 0.4) is 0 Å². The molecular formula is C30H26N4O4. The molecule has 2 aliphatic rings. The van der Waals surface area contributed by atoms with E-state index in [9.17, 15) is 14.4 Å². The molecule has 0 aliphatic carbocycles. The third-order valence-electron chi connectivity index (χ3n) is 7.15. The summed E-state index contributed by atoms with van der Waals surface area (Å²) in [6, 6.07) is 23.1. The number of rotatable bonds is 6. The smallest absolute Gasteiger partial charge is 0.255 e. The van der Waals surface area contributed by atoms with Gasteiger partial charge in [-0.2, -0.15) is 5.10 Å². The molecule has 3 amide bonds. The van der Waals surface area contributed by atoms with E-state index in [-0.39, 0.29) is 18.2 Å². The minimum atomic E-state index is -0.632. The highest BCUT2D eigenvalue weighted by Gasteiger charge is 2.39. The van der Waals surface area contributed by atoms with Gasteiger partial charge in [0.2, 0.25) is 11.8 Å². The summed E-state index contributed by atoms with van der Waals surface area (Å²) in [5.41, 5.74) is 6.38. The molecule has 1 aromatic heterocycles. The number of hydrogen-bond acceptors (Lipinski definition) is 5.